The summed E-state index contributed by atoms with van der Waals surface area (Å²) in [6.45, 7) is 0. The van der Waals surface area contributed by atoms with Crippen molar-refractivity contribution in [2.45, 2.75) is 31.1 Å². The van der Waals surface area contributed by atoms with E-state index in [2.05, 4.69) is 48.5 Å². The van der Waals surface area contributed by atoms with Crippen LogP contribution in [0.25, 0.3) is 21.9 Å². The Kier molecular flexibility index (Phi) is 2.31. The summed E-state index contributed by atoms with van der Waals surface area (Å²) >= 11 is 0. The van der Waals surface area contributed by atoms with E-state index in [1.165, 1.54) is 53.1 Å². The number of rotatable bonds is 0. The van der Waals surface area contributed by atoms with Gasteiger partial charge in [-0.1, -0.05) is 43.2 Å². The number of nitrogens with two attached hydrogens (primary N) is 1. The molecule has 108 valence electrons. The summed E-state index contributed by atoms with van der Waals surface area (Å²) in [5.74, 6) is 0. The quantitative estimate of drug-likeness (QED) is 0.560. The monoisotopic (exact) mass is 285 g/mol. The molecule has 0 aliphatic heterocycles. The molecule has 0 unspecified atom stereocenters. The van der Waals surface area contributed by atoms with Gasteiger partial charge >= 0.3 is 0 Å². The number of fused-ring (bicyclic) bond motifs is 6. The summed E-state index contributed by atoms with van der Waals surface area (Å²) in [5.41, 5.74) is 13.1. The van der Waals surface area contributed by atoms with Gasteiger partial charge in [0, 0.05) is 11.1 Å². The average molecular weight is 285 g/mol. The molecule has 1 nitrogen and oxygen atoms in total. The zero-order chi connectivity index (χ0) is 14.7. The molecule has 2 aliphatic carbocycles. The topological polar surface area (TPSA) is 26.0 Å². The zero-order valence-electron chi connectivity index (χ0n) is 12.6. The summed E-state index contributed by atoms with van der Waals surface area (Å²) in [6.07, 6.45) is 5.24. The van der Waals surface area contributed by atoms with Gasteiger partial charge in [-0.15, -0.1) is 0 Å². The largest absolute Gasteiger partial charge is 0.399 e. The Bertz CT molecular complexity index is 901. The molecule has 1 fully saturated rings. The van der Waals surface area contributed by atoms with Gasteiger partial charge in [-0.25, -0.2) is 0 Å². The van der Waals surface area contributed by atoms with Crippen LogP contribution in [-0.4, -0.2) is 0 Å². The fourth-order valence-electron chi connectivity index (χ4n) is 4.73. The lowest BCUT2D eigenvalue weighted by molar-refractivity contribution is 0.550. The first-order valence-electron chi connectivity index (χ1n) is 8.22. The van der Waals surface area contributed by atoms with Gasteiger partial charge in [0.25, 0.3) is 0 Å². The van der Waals surface area contributed by atoms with Crippen molar-refractivity contribution in [3.05, 3.63) is 65.7 Å². The second-order valence-corrected chi connectivity index (χ2v) is 6.84. The predicted molar refractivity (Wildman–Crippen MR) is 93.0 cm³/mol. The summed E-state index contributed by atoms with van der Waals surface area (Å²) in [4.78, 5) is 0. The van der Waals surface area contributed by atoms with Crippen LogP contribution in [-0.2, 0) is 5.41 Å². The summed E-state index contributed by atoms with van der Waals surface area (Å²) in [5, 5.41) is 2.57. The third-order valence-corrected chi connectivity index (χ3v) is 5.71. The van der Waals surface area contributed by atoms with E-state index in [1.54, 1.807) is 5.56 Å². The number of hydrogen-bond donors (Lipinski definition) is 1. The van der Waals surface area contributed by atoms with Crippen molar-refractivity contribution in [2.24, 2.45) is 0 Å². The number of anilines is 1. The average Bonchev–Trinajstić information content (AvgIpc) is 3.13. The van der Waals surface area contributed by atoms with Crippen LogP contribution in [0.3, 0.4) is 0 Å². The Morgan fingerprint density at radius 3 is 2.41 bits per heavy atom. The van der Waals surface area contributed by atoms with Crippen molar-refractivity contribution in [1.82, 2.24) is 0 Å². The van der Waals surface area contributed by atoms with Gasteiger partial charge < -0.3 is 5.73 Å². The number of hydrogen-bond acceptors (Lipinski definition) is 1. The molecule has 0 radical (unpaired) electrons. The second kappa shape index (κ2) is 4.13. The Balaban J connectivity index is 1.89. The van der Waals surface area contributed by atoms with Gasteiger partial charge in [0.05, 0.1) is 0 Å². The lowest BCUT2D eigenvalue weighted by Crippen LogP contribution is -2.20. The van der Waals surface area contributed by atoms with Gasteiger partial charge in [0.1, 0.15) is 0 Å². The minimum atomic E-state index is 0.255. The highest BCUT2D eigenvalue weighted by Gasteiger charge is 2.44. The molecule has 1 spiro atoms. The first-order valence-corrected chi connectivity index (χ1v) is 8.22. The molecule has 0 amide bonds. The highest BCUT2D eigenvalue weighted by atomic mass is 14.5. The van der Waals surface area contributed by atoms with Crippen LogP contribution in [0, 0.1) is 0 Å². The molecular weight excluding hydrogens is 266 g/mol. The second-order valence-electron chi connectivity index (χ2n) is 6.84. The Morgan fingerprint density at radius 2 is 1.55 bits per heavy atom. The van der Waals surface area contributed by atoms with E-state index in [4.69, 9.17) is 5.73 Å². The summed E-state index contributed by atoms with van der Waals surface area (Å²) < 4.78 is 0. The minimum Gasteiger partial charge on any atom is -0.399 e. The van der Waals surface area contributed by atoms with Gasteiger partial charge in [0.2, 0.25) is 0 Å². The molecule has 0 atom stereocenters. The number of nitrogen functional groups attached to an aromatic ring is 1. The molecule has 1 saturated carbocycles. The van der Waals surface area contributed by atoms with Crippen LogP contribution in [0.2, 0.25) is 0 Å². The third kappa shape index (κ3) is 1.44. The van der Waals surface area contributed by atoms with Crippen molar-refractivity contribution >= 4 is 16.5 Å². The zero-order valence-corrected chi connectivity index (χ0v) is 12.6. The van der Waals surface area contributed by atoms with Crippen LogP contribution in [0.1, 0.15) is 36.8 Å². The highest BCUT2D eigenvalue weighted by molar-refractivity contribution is 5.94. The van der Waals surface area contributed by atoms with Crippen molar-refractivity contribution < 1.29 is 0 Å². The van der Waals surface area contributed by atoms with Crippen molar-refractivity contribution in [1.29, 1.82) is 0 Å². The summed E-state index contributed by atoms with van der Waals surface area (Å²) in [6, 6.07) is 20.0. The molecule has 22 heavy (non-hydrogen) atoms. The van der Waals surface area contributed by atoms with E-state index in [-0.39, 0.29) is 5.41 Å². The molecule has 0 aromatic heterocycles. The number of benzene rings is 3. The van der Waals surface area contributed by atoms with Gasteiger partial charge in [-0.3, -0.25) is 0 Å². The third-order valence-electron chi connectivity index (χ3n) is 5.71. The van der Waals surface area contributed by atoms with Crippen molar-refractivity contribution in [3.8, 4) is 11.1 Å². The first-order chi connectivity index (χ1) is 10.8. The van der Waals surface area contributed by atoms with Gasteiger partial charge in [-0.05, 0) is 70.1 Å². The Hall–Kier alpha value is -2.28. The normalized spacial score (nSPS) is 17.8. The van der Waals surface area contributed by atoms with Crippen LogP contribution in [0.5, 0.6) is 0 Å². The lowest BCUT2D eigenvalue weighted by Gasteiger charge is -2.26. The van der Waals surface area contributed by atoms with E-state index in [9.17, 15) is 0 Å². The molecule has 0 bridgehead atoms. The molecule has 2 aliphatic rings. The van der Waals surface area contributed by atoms with Crippen LogP contribution >= 0.6 is 0 Å². The van der Waals surface area contributed by atoms with Gasteiger partial charge in [0.15, 0.2) is 0 Å². The van der Waals surface area contributed by atoms with E-state index in [0.29, 0.717) is 0 Å². The SMILES string of the molecule is Nc1ccc2cc3c(cc2c1)C1(CCCC1)c1ccccc1-3. The molecule has 0 heterocycles. The van der Waals surface area contributed by atoms with Crippen LogP contribution in [0.15, 0.2) is 54.6 Å². The minimum absolute atomic E-state index is 0.255. The fourth-order valence-corrected chi connectivity index (χ4v) is 4.73. The van der Waals surface area contributed by atoms with Gasteiger partial charge in [-0.2, -0.15) is 0 Å². The molecule has 3 aromatic carbocycles. The van der Waals surface area contributed by atoms with E-state index >= 15 is 0 Å². The van der Waals surface area contributed by atoms with Crippen molar-refractivity contribution in [3.63, 3.8) is 0 Å². The van der Waals surface area contributed by atoms with Crippen LogP contribution < -0.4 is 5.73 Å². The van der Waals surface area contributed by atoms with E-state index in [1.807, 2.05) is 6.07 Å². The van der Waals surface area contributed by atoms with E-state index < -0.39 is 0 Å². The maximum atomic E-state index is 6.00. The lowest BCUT2D eigenvalue weighted by atomic mass is 9.76. The van der Waals surface area contributed by atoms with E-state index in [0.717, 1.165) is 5.69 Å². The molecular formula is C21H19N. The highest BCUT2D eigenvalue weighted by Crippen LogP contribution is 2.57. The first kappa shape index (κ1) is 12.3. The molecule has 2 N–H and O–H groups in total. The Labute approximate surface area is 130 Å². The maximum absolute atomic E-state index is 6.00. The molecule has 1 heteroatoms. The standard InChI is InChI=1S/C21H19N/c22-16-8-7-14-12-18-17-5-1-2-6-19(17)21(9-3-4-10-21)20(18)13-15(14)11-16/h1-2,5-8,11-13H,3-4,9-10,22H2. The maximum Gasteiger partial charge on any atom is 0.0320 e. The van der Waals surface area contributed by atoms with Crippen molar-refractivity contribution in [2.75, 3.05) is 5.73 Å². The molecule has 0 saturated heterocycles. The predicted octanol–water partition coefficient (Wildman–Crippen LogP) is 5.26. The van der Waals surface area contributed by atoms with Crippen LogP contribution in [0.4, 0.5) is 5.69 Å². The molecule has 5 rings (SSSR count). The Morgan fingerprint density at radius 1 is 0.727 bits per heavy atom. The summed E-state index contributed by atoms with van der Waals surface area (Å²) in [7, 11) is 0. The smallest absolute Gasteiger partial charge is 0.0320 e. The molecule has 3 aromatic rings. The fraction of sp³-hybridized carbons (Fsp3) is 0.238.